The van der Waals surface area contributed by atoms with E-state index in [-0.39, 0.29) is 12.5 Å². The van der Waals surface area contributed by atoms with E-state index in [9.17, 15) is 10.1 Å². The molecule has 0 saturated heterocycles. The van der Waals surface area contributed by atoms with E-state index in [1.807, 2.05) is 19.1 Å². The molecule has 2 heterocycles. The number of rotatable bonds is 7. The van der Waals surface area contributed by atoms with Crippen LogP contribution in [0.5, 0.6) is 17.2 Å². The molecule has 4 rings (SSSR count). The molecule has 0 bridgehead atoms. The molecule has 0 amide bonds. The van der Waals surface area contributed by atoms with Crippen LogP contribution in [0.25, 0.3) is 11.4 Å². The zero-order valence-corrected chi connectivity index (χ0v) is 15.6. The van der Waals surface area contributed by atoms with Crippen LogP contribution in [0, 0.1) is 17.0 Å². The van der Waals surface area contributed by atoms with Crippen molar-refractivity contribution < 1.29 is 19.1 Å². The Morgan fingerprint density at radius 2 is 2.00 bits per heavy atom. The lowest BCUT2D eigenvalue weighted by Crippen LogP contribution is -2.13. The van der Waals surface area contributed by atoms with Gasteiger partial charge in [-0.2, -0.15) is 0 Å². The van der Waals surface area contributed by atoms with Gasteiger partial charge >= 0.3 is 0 Å². The lowest BCUT2D eigenvalue weighted by Gasteiger charge is -2.10. The van der Waals surface area contributed by atoms with E-state index in [1.165, 1.54) is 12.1 Å². The van der Waals surface area contributed by atoms with Crippen molar-refractivity contribution in [2.45, 2.75) is 6.92 Å². The molecule has 0 spiro atoms. The Hall–Kier alpha value is -3.88. The Labute approximate surface area is 166 Å². The average molecular weight is 394 g/mol. The van der Waals surface area contributed by atoms with Crippen molar-refractivity contribution in [1.82, 2.24) is 9.97 Å². The number of hydrogen-bond acceptors (Lipinski definition) is 8. The smallest absolute Gasteiger partial charge is 0.270 e. The summed E-state index contributed by atoms with van der Waals surface area (Å²) in [6.07, 6.45) is 0. The summed E-state index contributed by atoms with van der Waals surface area (Å²) < 4.78 is 16.3. The van der Waals surface area contributed by atoms with Crippen molar-refractivity contribution in [2.75, 3.05) is 25.3 Å². The number of fused-ring (bicyclic) bond motifs is 1. The molecule has 0 radical (unpaired) electrons. The maximum absolute atomic E-state index is 11.0. The minimum atomic E-state index is -0.439. The topological polar surface area (TPSA) is 109 Å². The largest absolute Gasteiger partial charge is 0.492 e. The van der Waals surface area contributed by atoms with Gasteiger partial charge in [0.1, 0.15) is 18.2 Å². The number of aromatic nitrogens is 2. The van der Waals surface area contributed by atoms with Gasteiger partial charge in [0.05, 0.1) is 11.5 Å². The molecular weight excluding hydrogens is 376 g/mol. The summed E-state index contributed by atoms with van der Waals surface area (Å²) in [7, 11) is 0. The van der Waals surface area contributed by atoms with Crippen LogP contribution in [0.4, 0.5) is 11.5 Å². The summed E-state index contributed by atoms with van der Waals surface area (Å²) in [6.45, 7) is 2.99. The predicted octanol–water partition coefficient (Wildman–Crippen LogP) is 3.58. The number of hydrogen-bond donors (Lipinski definition) is 1. The fraction of sp³-hybridized carbons (Fsp3) is 0.200. The van der Waals surface area contributed by atoms with Crippen molar-refractivity contribution in [2.24, 2.45) is 0 Å². The third-order valence-corrected chi connectivity index (χ3v) is 4.19. The SMILES string of the molecule is Cc1cc(NCCOc2ccc3c(c2)OCO3)nc(-c2cccc([N+](=O)[O-])c2)n1. The zero-order chi connectivity index (χ0) is 20.2. The normalized spacial score (nSPS) is 11.9. The molecular formula is C20H18N4O5. The molecule has 1 aliphatic rings. The van der Waals surface area contributed by atoms with Crippen LogP contribution < -0.4 is 19.5 Å². The number of anilines is 1. The highest BCUT2D eigenvalue weighted by molar-refractivity contribution is 5.61. The van der Waals surface area contributed by atoms with E-state index in [1.54, 1.807) is 24.3 Å². The van der Waals surface area contributed by atoms with Crippen molar-refractivity contribution in [1.29, 1.82) is 0 Å². The lowest BCUT2D eigenvalue weighted by atomic mass is 10.2. The van der Waals surface area contributed by atoms with Crippen molar-refractivity contribution in [3.05, 3.63) is 64.3 Å². The average Bonchev–Trinajstić information content (AvgIpc) is 3.19. The van der Waals surface area contributed by atoms with Gasteiger partial charge in [-0.05, 0) is 19.1 Å². The molecule has 0 fully saturated rings. The Morgan fingerprint density at radius 3 is 2.86 bits per heavy atom. The summed E-state index contributed by atoms with van der Waals surface area (Å²) in [5.41, 5.74) is 1.34. The number of ether oxygens (including phenoxy) is 3. The molecule has 2 aromatic carbocycles. The Balaban J connectivity index is 1.39. The first kappa shape index (κ1) is 18.5. The van der Waals surface area contributed by atoms with Gasteiger partial charge in [-0.1, -0.05) is 12.1 Å². The maximum atomic E-state index is 11.0. The number of nitro benzene ring substituents is 1. The number of nitro groups is 1. The fourth-order valence-electron chi connectivity index (χ4n) is 2.86. The summed E-state index contributed by atoms with van der Waals surface area (Å²) in [4.78, 5) is 19.4. The second-order valence-electron chi connectivity index (χ2n) is 6.32. The molecule has 0 atom stereocenters. The standard InChI is InChI=1S/C20H18N4O5/c1-13-9-19(23-20(22-13)14-3-2-4-15(10-14)24(25)26)21-7-8-27-16-5-6-17-18(11-16)29-12-28-17/h2-6,9-11H,7-8,12H2,1H3,(H,21,22,23). The van der Waals surface area contributed by atoms with Crippen LogP contribution in [0.1, 0.15) is 5.69 Å². The van der Waals surface area contributed by atoms with Gasteiger partial charge in [-0.15, -0.1) is 0 Å². The minimum Gasteiger partial charge on any atom is -0.492 e. The van der Waals surface area contributed by atoms with Gasteiger partial charge in [-0.25, -0.2) is 9.97 Å². The van der Waals surface area contributed by atoms with Gasteiger partial charge < -0.3 is 19.5 Å². The minimum absolute atomic E-state index is 0.000703. The fourth-order valence-corrected chi connectivity index (χ4v) is 2.86. The van der Waals surface area contributed by atoms with Crippen molar-refractivity contribution in [3.8, 4) is 28.6 Å². The molecule has 148 valence electrons. The molecule has 29 heavy (non-hydrogen) atoms. The van der Waals surface area contributed by atoms with Crippen LogP contribution in [-0.2, 0) is 0 Å². The molecule has 3 aromatic rings. The van der Waals surface area contributed by atoms with Crippen LogP contribution in [0.15, 0.2) is 48.5 Å². The van der Waals surface area contributed by atoms with E-state index < -0.39 is 4.92 Å². The quantitative estimate of drug-likeness (QED) is 0.368. The second kappa shape index (κ2) is 8.01. The van der Waals surface area contributed by atoms with Crippen LogP contribution in [0.2, 0.25) is 0 Å². The highest BCUT2D eigenvalue weighted by Gasteiger charge is 2.14. The number of aryl methyl sites for hydroxylation is 1. The summed E-state index contributed by atoms with van der Waals surface area (Å²) in [6, 6.07) is 13.5. The predicted molar refractivity (Wildman–Crippen MR) is 105 cm³/mol. The molecule has 1 aromatic heterocycles. The van der Waals surface area contributed by atoms with Crippen LogP contribution in [0.3, 0.4) is 0 Å². The Bertz CT molecular complexity index is 1060. The zero-order valence-electron chi connectivity index (χ0n) is 15.6. The van der Waals surface area contributed by atoms with E-state index in [4.69, 9.17) is 14.2 Å². The first-order valence-corrected chi connectivity index (χ1v) is 8.95. The van der Waals surface area contributed by atoms with Crippen molar-refractivity contribution >= 4 is 11.5 Å². The van der Waals surface area contributed by atoms with Gasteiger partial charge in [0.25, 0.3) is 5.69 Å². The summed E-state index contributed by atoms with van der Waals surface area (Å²) in [5, 5.41) is 14.2. The molecule has 0 saturated carbocycles. The highest BCUT2D eigenvalue weighted by atomic mass is 16.7. The number of nitrogens with one attached hydrogen (secondary N) is 1. The first-order chi connectivity index (χ1) is 14.1. The van der Waals surface area contributed by atoms with Gasteiger partial charge in [0, 0.05) is 35.5 Å². The van der Waals surface area contributed by atoms with Gasteiger partial charge in [0.15, 0.2) is 17.3 Å². The summed E-state index contributed by atoms with van der Waals surface area (Å²) in [5.74, 6) is 3.11. The van der Waals surface area contributed by atoms with Gasteiger partial charge in [0.2, 0.25) is 6.79 Å². The summed E-state index contributed by atoms with van der Waals surface area (Å²) >= 11 is 0. The number of non-ortho nitro benzene ring substituents is 1. The third-order valence-electron chi connectivity index (χ3n) is 4.19. The molecule has 1 N–H and O–H groups in total. The highest BCUT2D eigenvalue weighted by Crippen LogP contribution is 2.35. The Kier molecular flexibility index (Phi) is 5.10. The third kappa shape index (κ3) is 4.34. The van der Waals surface area contributed by atoms with E-state index in [0.717, 1.165) is 5.69 Å². The Morgan fingerprint density at radius 1 is 1.14 bits per heavy atom. The maximum Gasteiger partial charge on any atom is 0.270 e. The molecule has 1 aliphatic heterocycles. The number of nitrogens with zero attached hydrogens (tertiary/aromatic N) is 3. The van der Waals surface area contributed by atoms with E-state index >= 15 is 0 Å². The second-order valence-corrected chi connectivity index (χ2v) is 6.32. The van der Waals surface area contributed by atoms with E-state index in [2.05, 4.69) is 15.3 Å². The molecule has 9 heteroatoms. The first-order valence-electron chi connectivity index (χ1n) is 8.95. The number of benzene rings is 2. The lowest BCUT2D eigenvalue weighted by molar-refractivity contribution is -0.384. The van der Waals surface area contributed by atoms with Gasteiger partial charge in [-0.3, -0.25) is 10.1 Å². The molecule has 0 unspecified atom stereocenters. The van der Waals surface area contributed by atoms with E-state index in [0.29, 0.717) is 47.6 Å². The van der Waals surface area contributed by atoms with Crippen molar-refractivity contribution in [3.63, 3.8) is 0 Å². The van der Waals surface area contributed by atoms with Crippen LogP contribution in [-0.4, -0.2) is 34.8 Å². The molecule has 0 aliphatic carbocycles. The van der Waals surface area contributed by atoms with Crippen LogP contribution >= 0.6 is 0 Å². The molecule has 9 nitrogen and oxygen atoms in total. The monoisotopic (exact) mass is 394 g/mol.